The molecule has 1 unspecified atom stereocenters. The minimum Gasteiger partial charge on any atom is -0.497 e. The normalized spacial score (nSPS) is 20.9. The predicted molar refractivity (Wildman–Crippen MR) is 76.3 cm³/mol. The van der Waals surface area contributed by atoms with E-state index in [0.717, 1.165) is 42.9 Å². The lowest BCUT2D eigenvalue weighted by molar-refractivity contribution is -0.0177. The van der Waals surface area contributed by atoms with Crippen molar-refractivity contribution >= 4 is 15.9 Å². The molecule has 0 spiro atoms. The molecule has 0 amide bonds. The Morgan fingerprint density at radius 3 is 3.06 bits per heavy atom. The molecule has 1 aromatic rings. The predicted octanol–water partition coefficient (Wildman–Crippen LogP) is 2.72. The molecule has 1 heterocycles. The molecule has 4 heteroatoms. The minimum absolute atomic E-state index is 0.354. The maximum absolute atomic E-state index is 5.55. The standard InChI is InChI=1S/C14H20BrNO2/c1-11-10-16(7-8-18-11)6-5-12-9-13(17-2)3-4-14(12)15/h3-4,9,11H,5-8,10H2,1-2H3. The molecule has 1 saturated heterocycles. The molecular formula is C14H20BrNO2. The van der Waals surface area contributed by atoms with Crippen LogP contribution in [0.5, 0.6) is 5.75 Å². The van der Waals surface area contributed by atoms with Crippen molar-refractivity contribution in [2.24, 2.45) is 0 Å². The second-order valence-electron chi connectivity index (χ2n) is 4.69. The van der Waals surface area contributed by atoms with E-state index in [-0.39, 0.29) is 0 Å². The summed E-state index contributed by atoms with van der Waals surface area (Å²) in [4.78, 5) is 2.46. The van der Waals surface area contributed by atoms with E-state index >= 15 is 0 Å². The van der Waals surface area contributed by atoms with Gasteiger partial charge in [0.15, 0.2) is 0 Å². The first-order chi connectivity index (χ1) is 8.69. The van der Waals surface area contributed by atoms with Crippen molar-refractivity contribution in [3.63, 3.8) is 0 Å². The Bertz CT molecular complexity index is 397. The molecule has 1 aromatic carbocycles. The van der Waals surface area contributed by atoms with Crippen LogP contribution >= 0.6 is 15.9 Å². The fourth-order valence-corrected chi connectivity index (χ4v) is 2.69. The summed E-state index contributed by atoms with van der Waals surface area (Å²) < 4.78 is 12.0. The Balaban J connectivity index is 1.92. The van der Waals surface area contributed by atoms with E-state index in [0.29, 0.717) is 6.10 Å². The number of hydrogen-bond acceptors (Lipinski definition) is 3. The van der Waals surface area contributed by atoms with Crippen molar-refractivity contribution in [3.8, 4) is 5.75 Å². The van der Waals surface area contributed by atoms with Crippen LogP contribution in [0.25, 0.3) is 0 Å². The molecule has 0 aromatic heterocycles. The Kier molecular flexibility index (Phi) is 5.03. The van der Waals surface area contributed by atoms with E-state index < -0.39 is 0 Å². The summed E-state index contributed by atoms with van der Waals surface area (Å²) >= 11 is 3.60. The van der Waals surface area contributed by atoms with Crippen LogP contribution < -0.4 is 4.74 Å². The molecule has 1 fully saturated rings. The Hall–Kier alpha value is -0.580. The van der Waals surface area contributed by atoms with Gasteiger partial charge in [0.1, 0.15) is 5.75 Å². The number of halogens is 1. The van der Waals surface area contributed by atoms with E-state index in [2.05, 4.69) is 39.9 Å². The van der Waals surface area contributed by atoms with Gasteiger partial charge >= 0.3 is 0 Å². The van der Waals surface area contributed by atoms with Crippen molar-refractivity contribution in [1.82, 2.24) is 4.90 Å². The second kappa shape index (κ2) is 6.55. The van der Waals surface area contributed by atoms with Crippen molar-refractivity contribution in [2.45, 2.75) is 19.4 Å². The van der Waals surface area contributed by atoms with Gasteiger partial charge in [-0.1, -0.05) is 15.9 Å². The summed E-state index contributed by atoms with van der Waals surface area (Å²) in [6.45, 7) is 6.11. The third-order valence-electron chi connectivity index (χ3n) is 3.28. The zero-order valence-corrected chi connectivity index (χ0v) is 12.6. The van der Waals surface area contributed by atoms with E-state index in [9.17, 15) is 0 Å². The summed E-state index contributed by atoms with van der Waals surface area (Å²) in [7, 11) is 1.71. The van der Waals surface area contributed by atoms with E-state index in [1.807, 2.05) is 6.07 Å². The van der Waals surface area contributed by atoms with Crippen LogP contribution in [-0.4, -0.2) is 44.4 Å². The van der Waals surface area contributed by atoms with Crippen LogP contribution in [-0.2, 0) is 11.2 Å². The minimum atomic E-state index is 0.354. The average Bonchev–Trinajstić information content (AvgIpc) is 2.38. The van der Waals surface area contributed by atoms with Crippen LogP contribution in [0, 0.1) is 0 Å². The molecule has 0 bridgehead atoms. The van der Waals surface area contributed by atoms with E-state index in [4.69, 9.17) is 9.47 Å². The lowest BCUT2D eigenvalue weighted by atomic mass is 10.1. The second-order valence-corrected chi connectivity index (χ2v) is 5.54. The van der Waals surface area contributed by atoms with Gasteiger partial charge < -0.3 is 9.47 Å². The third kappa shape index (κ3) is 3.70. The molecule has 1 atom stereocenters. The molecule has 0 radical (unpaired) electrons. The highest BCUT2D eigenvalue weighted by Crippen LogP contribution is 2.23. The van der Waals surface area contributed by atoms with Gasteiger partial charge in [-0.05, 0) is 37.1 Å². The van der Waals surface area contributed by atoms with Crippen molar-refractivity contribution in [1.29, 1.82) is 0 Å². The first kappa shape index (κ1) is 13.8. The van der Waals surface area contributed by atoms with Crippen molar-refractivity contribution in [3.05, 3.63) is 28.2 Å². The Morgan fingerprint density at radius 1 is 1.50 bits per heavy atom. The SMILES string of the molecule is COc1ccc(Br)c(CCN2CCOC(C)C2)c1. The van der Waals surface area contributed by atoms with Gasteiger partial charge in [-0.3, -0.25) is 4.90 Å². The van der Waals surface area contributed by atoms with Gasteiger partial charge in [-0.25, -0.2) is 0 Å². The summed E-state index contributed by atoms with van der Waals surface area (Å²) in [5.74, 6) is 0.920. The maximum atomic E-state index is 5.55. The van der Waals surface area contributed by atoms with Gasteiger partial charge in [0.2, 0.25) is 0 Å². The maximum Gasteiger partial charge on any atom is 0.119 e. The highest BCUT2D eigenvalue weighted by Gasteiger charge is 2.16. The molecule has 100 valence electrons. The third-order valence-corrected chi connectivity index (χ3v) is 4.05. The summed E-state index contributed by atoms with van der Waals surface area (Å²) in [5, 5.41) is 0. The fraction of sp³-hybridized carbons (Fsp3) is 0.571. The number of benzene rings is 1. The van der Waals surface area contributed by atoms with Crippen molar-refractivity contribution in [2.75, 3.05) is 33.4 Å². The van der Waals surface area contributed by atoms with Crippen LogP contribution in [0.2, 0.25) is 0 Å². The largest absolute Gasteiger partial charge is 0.497 e. The van der Waals surface area contributed by atoms with Gasteiger partial charge in [-0.2, -0.15) is 0 Å². The van der Waals surface area contributed by atoms with Gasteiger partial charge in [0.25, 0.3) is 0 Å². The first-order valence-corrected chi connectivity index (χ1v) is 7.14. The van der Waals surface area contributed by atoms with Crippen LogP contribution in [0.15, 0.2) is 22.7 Å². The molecular weight excluding hydrogens is 294 g/mol. The first-order valence-electron chi connectivity index (χ1n) is 6.35. The van der Waals surface area contributed by atoms with Crippen LogP contribution in [0.1, 0.15) is 12.5 Å². The molecule has 0 saturated carbocycles. The van der Waals surface area contributed by atoms with Crippen molar-refractivity contribution < 1.29 is 9.47 Å². The number of ether oxygens (including phenoxy) is 2. The quantitative estimate of drug-likeness (QED) is 0.853. The number of rotatable bonds is 4. The van der Waals surface area contributed by atoms with Gasteiger partial charge in [-0.15, -0.1) is 0 Å². The van der Waals surface area contributed by atoms with E-state index in [1.54, 1.807) is 7.11 Å². The lowest BCUT2D eigenvalue weighted by Crippen LogP contribution is -2.41. The summed E-state index contributed by atoms with van der Waals surface area (Å²) in [6.07, 6.45) is 1.39. The Labute approximate surface area is 117 Å². The average molecular weight is 314 g/mol. The molecule has 3 nitrogen and oxygen atoms in total. The van der Waals surface area contributed by atoms with Crippen LogP contribution in [0.3, 0.4) is 0 Å². The number of hydrogen-bond donors (Lipinski definition) is 0. The zero-order valence-electron chi connectivity index (χ0n) is 11.0. The summed E-state index contributed by atoms with van der Waals surface area (Å²) in [5.41, 5.74) is 1.30. The topological polar surface area (TPSA) is 21.7 Å². The number of methoxy groups -OCH3 is 1. The molecule has 0 N–H and O–H groups in total. The molecule has 0 aliphatic carbocycles. The Morgan fingerprint density at radius 2 is 2.33 bits per heavy atom. The number of nitrogens with zero attached hydrogens (tertiary/aromatic N) is 1. The smallest absolute Gasteiger partial charge is 0.119 e. The van der Waals surface area contributed by atoms with Gasteiger partial charge in [0.05, 0.1) is 19.8 Å². The highest BCUT2D eigenvalue weighted by molar-refractivity contribution is 9.10. The molecule has 18 heavy (non-hydrogen) atoms. The van der Waals surface area contributed by atoms with E-state index in [1.165, 1.54) is 5.56 Å². The fourth-order valence-electron chi connectivity index (χ4n) is 2.24. The lowest BCUT2D eigenvalue weighted by Gasteiger charge is -2.31. The number of morpholine rings is 1. The highest BCUT2D eigenvalue weighted by atomic mass is 79.9. The molecule has 1 aliphatic rings. The molecule has 2 rings (SSSR count). The summed E-state index contributed by atoms with van der Waals surface area (Å²) in [6, 6.07) is 6.13. The van der Waals surface area contributed by atoms with Gasteiger partial charge in [0, 0.05) is 24.1 Å². The molecule has 1 aliphatic heterocycles. The zero-order chi connectivity index (χ0) is 13.0. The van der Waals surface area contributed by atoms with Crippen LogP contribution in [0.4, 0.5) is 0 Å². The monoisotopic (exact) mass is 313 g/mol.